The summed E-state index contributed by atoms with van der Waals surface area (Å²) in [4.78, 5) is 11.6. The molecule has 1 aliphatic rings. The lowest BCUT2D eigenvalue weighted by Gasteiger charge is -2.31. The van der Waals surface area contributed by atoms with Crippen LogP contribution in [0.25, 0.3) is 0 Å². The number of nitrogens with two attached hydrogens (primary N) is 1. The van der Waals surface area contributed by atoms with Crippen LogP contribution in [-0.4, -0.2) is 35.9 Å². The number of hydrogen-bond donors (Lipinski definition) is 2. The van der Waals surface area contributed by atoms with Gasteiger partial charge in [0.25, 0.3) is 0 Å². The molecule has 86 valence electrons. The molecular formula is C8H12F3N3O. The van der Waals surface area contributed by atoms with E-state index in [0.717, 1.165) is 4.90 Å². The van der Waals surface area contributed by atoms with E-state index in [1.165, 1.54) is 0 Å². The molecule has 3 N–H and O–H groups in total. The lowest BCUT2D eigenvalue weighted by molar-refractivity contribution is -0.186. The summed E-state index contributed by atoms with van der Waals surface area (Å²) in [7, 11) is 0. The van der Waals surface area contributed by atoms with Crippen LogP contribution in [0.1, 0.15) is 12.8 Å². The Kier molecular flexibility index (Phi) is 3.21. The fourth-order valence-corrected chi connectivity index (χ4v) is 1.57. The first-order valence-corrected chi connectivity index (χ1v) is 4.52. The maximum absolute atomic E-state index is 12.0. The average Bonchev–Trinajstić information content (AvgIpc) is 2.15. The van der Waals surface area contributed by atoms with Crippen molar-refractivity contribution in [1.82, 2.24) is 4.90 Å². The lowest BCUT2D eigenvalue weighted by Crippen LogP contribution is -2.46. The minimum Gasteiger partial charge on any atom is -0.387 e. The van der Waals surface area contributed by atoms with Gasteiger partial charge in [-0.05, 0) is 12.8 Å². The summed E-state index contributed by atoms with van der Waals surface area (Å²) in [6.45, 7) is 0.0329. The number of rotatable bonds is 1. The number of amides is 1. The third-order valence-electron chi connectivity index (χ3n) is 2.46. The Hall–Kier alpha value is -1.27. The zero-order valence-electron chi connectivity index (χ0n) is 7.97. The molecule has 0 atom stereocenters. The number of alkyl halides is 3. The second-order valence-corrected chi connectivity index (χ2v) is 3.52. The Morgan fingerprint density at radius 3 is 2.13 bits per heavy atom. The molecule has 1 fully saturated rings. The van der Waals surface area contributed by atoms with Gasteiger partial charge in [0.15, 0.2) is 0 Å². The van der Waals surface area contributed by atoms with Gasteiger partial charge < -0.3 is 10.6 Å². The SMILES string of the molecule is N=C(N)C1CCN(C(=O)C(F)(F)F)CC1. The van der Waals surface area contributed by atoms with Gasteiger partial charge in [-0.3, -0.25) is 10.2 Å². The van der Waals surface area contributed by atoms with Crippen LogP contribution in [0.5, 0.6) is 0 Å². The Bertz CT molecular complexity index is 269. The van der Waals surface area contributed by atoms with Crippen molar-refractivity contribution in [3.05, 3.63) is 0 Å². The summed E-state index contributed by atoms with van der Waals surface area (Å²) in [6, 6.07) is 0. The predicted molar refractivity (Wildman–Crippen MR) is 47.3 cm³/mol. The smallest absolute Gasteiger partial charge is 0.387 e. The van der Waals surface area contributed by atoms with Crippen LogP contribution in [0.3, 0.4) is 0 Å². The highest BCUT2D eigenvalue weighted by molar-refractivity contribution is 5.83. The molecular weight excluding hydrogens is 211 g/mol. The number of nitrogens with one attached hydrogen (secondary N) is 1. The molecule has 1 rings (SSSR count). The number of amidine groups is 1. The van der Waals surface area contributed by atoms with Crippen LogP contribution in [0, 0.1) is 11.3 Å². The number of likely N-dealkylation sites (tertiary alicyclic amines) is 1. The molecule has 0 aliphatic carbocycles. The molecule has 1 amide bonds. The highest BCUT2D eigenvalue weighted by Gasteiger charge is 2.43. The van der Waals surface area contributed by atoms with E-state index in [1.807, 2.05) is 0 Å². The number of halogens is 3. The second kappa shape index (κ2) is 4.08. The van der Waals surface area contributed by atoms with E-state index in [-0.39, 0.29) is 24.8 Å². The predicted octanol–water partition coefficient (Wildman–Crippen LogP) is 0.723. The van der Waals surface area contributed by atoms with Crippen molar-refractivity contribution in [2.75, 3.05) is 13.1 Å². The zero-order valence-corrected chi connectivity index (χ0v) is 7.97. The highest BCUT2D eigenvalue weighted by atomic mass is 19.4. The number of carbonyl (C=O) groups excluding carboxylic acids is 1. The minimum atomic E-state index is -4.80. The van der Waals surface area contributed by atoms with Crippen LogP contribution >= 0.6 is 0 Å². The molecule has 0 aromatic rings. The van der Waals surface area contributed by atoms with Gasteiger partial charge in [0.05, 0.1) is 5.84 Å². The lowest BCUT2D eigenvalue weighted by atomic mass is 9.96. The molecule has 4 nitrogen and oxygen atoms in total. The number of piperidine rings is 1. The van der Waals surface area contributed by atoms with Gasteiger partial charge in [-0.25, -0.2) is 0 Å². The second-order valence-electron chi connectivity index (χ2n) is 3.52. The summed E-state index contributed by atoms with van der Waals surface area (Å²) in [5, 5.41) is 7.14. The van der Waals surface area contributed by atoms with E-state index >= 15 is 0 Å². The van der Waals surface area contributed by atoms with Crippen molar-refractivity contribution >= 4 is 11.7 Å². The maximum atomic E-state index is 12.0. The van der Waals surface area contributed by atoms with Crippen LogP contribution in [-0.2, 0) is 4.79 Å². The summed E-state index contributed by atoms with van der Waals surface area (Å²) in [6.07, 6.45) is -4.14. The van der Waals surface area contributed by atoms with Gasteiger partial charge in [-0.2, -0.15) is 13.2 Å². The summed E-state index contributed by atoms with van der Waals surface area (Å²) < 4.78 is 36.1. The van der Waals surface area contributed by atoms with Crippen LogP contribution < -0.4 is 5.73 Å². The topological polar surface area (TPSA) is 70.2 Å². The van der Waals surface area contributed by atoms with Gasteiger partial charge in [0, 0.05) is 19.0 Å². The molecule has 0 bridgehead atoms. The van der Waals surface area contributed by atoms with Gasteiger partial charge in [-0.15, -0.1) is 0 Å². The number of hydrogen-bond acceptors (Lipinski definition) is 2. The summed E-state index contributed by atoms with van der Waals surface area (Å²) in [5.74, 6) is -2.01. The molecule has 0 aromatic heterocycles. The Labute approximate surface area is 84.7 Å². The first kappa shape index (κ1) is 11.8. The number of nitrogens with zero attached hydrogens (tertiary/aromatic N) is 1. The van der Waals surface area contributed by atoms with Crippen molar-refractivity contribution < 1.29 is 18.0 Å². The minimum absolute atomic E-state index is 0.0165. The van der Waals surface area contributed by atoms with Gasteiger partial charge >= 0.3 is 12.1 Å². The summed E-state index contributed by atoms with van der Waals surface area (Å²) >= 11 is 0. The van der Waals surface area contributed by atoms with Crippen molar-refractivity contribution in [2.24, 2.45) is 11.7 Å². The van der Waals surface area contributed by atoms with Crippen LogP contribution in [0.2, 0.25) is 0 Å². The van der Waals surface area contributed by atoms with E-state index < -0.39 is 12.1 Å². The molecule has 1 aliphatic heterocycles. The van der Waals surface area contributed by atoms with Crippen LogP contribution in [0.15, 0.2) is 0 Å². The van der Waals surface area contributed by atoms with Gasteiger partial charge in [0.1, 0.15) is 0 Å². The summed E-state index contributed by atoms with van der Waals surface area (Å²) in [5.41, 5.74) is 5.23. The van der Waals surface area contributed by atoms with E-state index in [4.69, 9.17) is 11.1 Å². The van der Waals surface area contributed by atoms with E-state index in [1.54, 1.807) is 0 Å². The molecule has 15 heavy (non-hydrogen) atoms. The normalized spacial score (nSPS) is 19.0. The molecule has 0 saturated carbocycles. The molecule has 1 heterocycles. The third-order valence-corrected chi connectivity index (χ3v) is 2.46. The molecule has 0 unspecified atom stereocenters. The largest absolute Gasteiger partial charge is 0.471 e. The number of carbonyl (C=O) groups is 1. The molecule has 0 spiro atoms. The Morgan fingerprint density at radius 2 is 1.80 bits per heavy atom. The molecule has 7 heteroatoms. The monoisotopic (exact) mass is 223 g/mol. The van der Waals surface area contributed by atoms with Crippen LogP contribution in [0.4, 0.5) is 13.2 Å². The van der Waals surface area contributed by atoms with Crippen molar-refractivity contribution in [3.63, 3.8) is 0 Å². The quantitative estimate of drug-likeness (QED) is 0.508. The highest BCUT2D eigenvalue weighted by Crippen LogP contribution is 2.23. The van der Waals surface area contributed by atoms with Crippen molar-refractivity contribution in [3.8, 4) is 0 Å². The zero-order chi connectivity index (χ0) is 11.6. The first-order chi connectivity index (χ1) is 6.82. The fourth-order valence-electron chi connectivity index (χ4n) is 1.57. The standard InChI is InChI=1S/C8H12F3N3O/c9-8(10,11)7(15)14-3-1-5(2-4-14)6(12)13/h5H,1-4H2,(H3,12,13). The third kappa shape index (κ3) is 2.84. The maximum Gasteiger partial charge on any atom is 0.471 e. The van der Waals surface area contributed by atoms with E-state index in [0.29, 0.717) is 12.8 Å². The van der Waals surface area contributed by atoms with Crippen molar-refractivity contribution in [2.45, 2.75) is 19.0 Å². The average molecular weight is 223 g/mol. The van der Waals surface area contributed by atoms with E-state index in [9.17, 15) is 18.0 Å². The molecule has 0 radical (unpaired) electrons. The molecule has 1 saturated heterocycles. The fraction of sp³-hybridized carbons (Fsp3) is 0.750. The van der Waals surface area contributed by atoms with Gasteiger partial charge in [-0.1, -0.05) is 0 Å². The Morgan fingerprint density at radius 1 is 1.33 bits per heavy atom. The molecule has 0 aromatic carbocycles. The van der Waals surface area contributed by atoms with E-state index in [2.05, 4.69) is 0 Å². The van der Waals surface area contributed by atoms with Gasteiger partial charge in [0.2, 0.25) is 0 Å². The van der Waals surface area contributed by atoms with Crippen molar-refractivity contribution in [1.29, 1.82) is 5.41 Å². The first-order valence-electron chi connectivity index (χ1n) is 4.52. The Balaban J connectivity index is 2.51.